The summed E-state index contributed by atoms with van der Waals surface area (Å²) in [5.41, 5.74) is 11.3. The maximum Gasteiger partial charge on any atom is 4.00 e. The van der Waals surface area contributed by atoms with Gasteiger partial charge in [-0.2, -0.15) is 0 Å². The third-order valence-electron chi connectivity index (χ3n) is 2.07. The average molecular weight is 501 g/mol. The van der Waals surface area contributed by atoms with Gasteiger partial charge in [-0.1, -0.05) is 12.8 Å². The zero-order chi connectivity index (χ0) is 13.7. The van der Waals surface area contributed by atoms with Crippen molar-refractivity contribution >= 4 is 15.6 Å². The van der Waals surface area contributed by atoms with Crippen LogP contribution in [0.1, 0.15) is 25.7 Å². The van der Waals surface area contributed by atoms with Crippen molar-refractivity contribution in [1.29, 1.82) is 0 Å². The van der Waals surface area contributed by atoms with Crippen molar-refractivity contribution in [2.75, 3.05) is 0 Å². The minimum Gasteiger partial charge on any atom is -0.790 e. The molecular weight excluding hydrogens is 485 g/mol. The first kappa shape index (κ1) is 24.8. The Kier molecular flexibility index (Phi) is 13.8. The molecule has 19 heavy (non-hydrogen) atoms. The van der Waals surface area contributed by atoms with Gasteiger partial charge < -0.3 is 50.0 Å². The average Bonchev–Trinajstić information content (AvgIpc) is 2.04. The van der Waals surface area contributed by atoms with E-state index >= 15 is 0 Å². The molecule has 0 amide bonds. The van der Waals surface area contributed by atoms with Crippen molar-refractivity contribution in [2.45, 2.75) is 37.8 Å². The van der Waals surface area contributed by atoms with Crippen molar-refractivity contribution in [3.8, 4) is 0 Å². The first-order valence-corrected chi connectivity index (χ1v) is 7.70. The van der Waals surface area contributed by atoms with E-state index in [1.165, 1.54) is 12.8 Å². The quantitative estimate of drug-likeness (QED) is 0.352. The SMILES string of the molecule is N[C@@H]1CCCC[C@H]1N.O.O=P([O-])([O-])OP(=O)([O-])[O-].[Pt+4]. The molecule has 13 heteroatoms. The Bertz CT molecular complexity index is 290. The first-order chi connectivity index (χ1) is 7.51. The Morgan fingerprint density at radius 1 is 0.895 bits per heavy atom. The van der Waals surface area contributed by atoms with Crippen LogP contribution in [0.25, 0.3) is 0 Å². The molecule has 10 nitrogen and oxygen atoms in total. The Labute approximate surface area is 125 Å². The predicted molar refractivity (Wildman–Crippen MR) is 54.3 cm³/mol. The molecule has 0 heterocycles. The second-order valence-corrected chi connectivity index (χ2v) is 6.03. The van der Waals surface area contributed by atoms with Gasteiger partial charge in [-0.15, -0.1) is 0 Å². The van der Waals surface area contributed by atoms with E-state index in [2.05, 4.69) is 4.31 Å². The molecule has 0 aromatic heterocycles. The van der Waals surface area contributed by atoms with Crippen molar-refractivity contribution in [1.82, 2.24) is 0 Å². The second-order valence-electron chi connectivity index (χ2n) is 3.59. The van der Waals surface area contributed by atoms with E-state index < -0.39 is 15.6 Å². The van der Waals surface area contributed by atoms with Crippen LogP contribution in [0.5, 0.6) is 0 Å². The number of hydrogen-bond acceptors (Lipinski definition) is 9. The summed E-state index contributed by atoms with van der Waals surface area (Å²) in [6, 6.07) is 0.562. The van der Waals surface area contributed by atoms with Gasteiger partial charge >= 0.3 is 21.1 Å². The zero-order valence-corrected chi connectivity index (χ0v) is 13.8. The van der Waals surface area contributed by atoms with Crippen molar-refractivity contribution < 1.29 is 59.6 Å². The molecule has 0 radical (unpaired) electrons. The Morgan fingerprint density at radius 2 is 1.16 bits per heavy atom. The van der Waals surface area contributed by atoms with Crippen molar-refractivity contribution in [3.05, 3.63) is 0 Å². The fraction of sp³-hybridized carbons (Fsp3) is 1.00. The second kappa shape index (κ2) is 10.5. The first-order valence-electron chi connectivity index (χ1n) is 4.78. The molecule has 1 fully saturated rings. The number of phosphoric acid groups is 2. The maximum absolute atomic E-state index is 9.32. The van der Waals surface area contributed by atoms with Crippen LogP contribution in [0, 0.1) is 0 Å². The minimum absolute atomic E-state index is 0. The summed E-state index contributed by atoms with van der Waals surface area (Å²) in [5, 5.41) is 0. The van der Waals surface area contributed by atoms with Gasteiger partial charge in [-0.3, -0.25) is 0 Å². The third-order valence-corrected chi connectivity index (χ3v) is 3.67. The monoisotopic (exact) mass is 501 g/mol. The van der Waals surface area contributed by atoms with Gasteiger partial charge in [-0.25, -0.2) is 0 Å². The summed E-state index contributed by atoms with van der Waals surface area (Å²) >= 11 is 0. The molecule has 1 aliphatic carbocycles. The molecule has 0 aromatic rings. The van der Waals surface area contributed by atoms with Crippen LogP contribution in [0.15, 0.2) is 0 Å². The van der Waals surface area contributed by atoms with Crippen molar-refractivity contribution in [3.63, 3.8) is 0 Å². The fourth-order valence-corrected chi connectivity index (χ4v) is 2.29. The molecule has 0 bridgehead atoms. The maximum atomic E-state index is 9.32. The summed E-state index contributed by atoms with van der Waals surface area (Å²) < 4.78 is 21.2. The Balaban J connectivity index is -0.000000244. The van der Waals surface area contributed by atoms with E-state index in [9.17, 15) is 28.7 Å². The largest absolute Gasteiger partial charge is 4.00 e. The van der Waals surface area contributed by atoms with Gasteiger partial charge in [0.25, 0.3) is 0 Å². The van der Waals surface area contributed by atoms with Gasteiger partial charge in [0.05, 0.1) is 15.6 Å². The standard InChI is InChI=1S/C6H14N2.H4O7P2.H2O.Pt/c7-5-3-1-2-4-6(5)8;1-8(2,3)7-9(4,5)6;;/h5-6H,1-4,7-8H2;(H2,1,2,3)(H2,4,5,6);1H2;/q;;;+4/p-4/t5-,6-;;;/m1.../s1. The van der Waals surface area contributed by atoms with E-state index in [4.69, 9.17) is 11.5 Å². The summed E-state index contributed by atoms with van der Waals surface area (Å²) in [7, 11) is -11.4. The molecule has 1 rings (SSSR count). The molecule has 0 aliphatic heterocycles. The van der Waals surface area contributed by atoms with Crippen LogP contribution in [0.2, 0.25) is 0 Å². The van der Waals surface area contributed by atoms with Crippen LogP contribution in [-0.4, -0.2) is 17.6 Å². The Morgan fingerprint density at radius 3 is 1.26 bits per heavy atom. The number of nitrogens with two attached hydrogens (primary N) is 2. The van der Waals surface area contributed by atoms with Crippen LogP contribution in [0.4, 0.5) is 0 Å². The summed E-state index contributed by atoms with van der Waals surface area (Å²) in [6.45, 7) is 0. The van der Waals surface area contributed by atoms with Crippen LogP contribution in [0.3, 0.4) is 0 Å². The molecule has 0 aromatic carbocycles. The van der Waals surface area contributed by atoms with Crippen LogP contribution in [-0.2, 0) is 34.5 Å². The van der Waals surface area contributed by atoms with Gasteiger partial charge in [0, 0.05) is 12.1 Å². The molecule has 0 spiro atoms. The molecule has 0 unspecified atom stereocenters. The molecule has 1 saturated carbocycles. The molecule has 0 saturated heterocycles. The van der Waals surface area contributed by atoms with E-state index in [-0.39, 0.29) is 38.6 Å². The van der Waals surface area contributed by atoms with Gasteiger partial charge in [0.2, 0.25) is 0 Å². The topological polar surface area (TPSA) is 219 Å². The molecule has 2 atom stereocenters. The molecule has 1 aliphatic rings. The normalized spacial score (nSPS) is 23.3. The van der Waals surface area contributed by atoms with Crippen LogP contribution >= 0.6 is 15.6 Å². The molecule has 118 valence electrons. The van der Waals surface area contributed by atoms with E-state index in [0.29, 0.717) is 0 Å². The zero-order valence-electron chi connectivity index (χ0n) is 9.71. The smallest absolute Gasteiger partial charge is 0.790 e. The number of rotatable bonds is 2. The van der Waals surface area contributed by atoms with Crippen molar-refractivity contribution in [2.24, 2.45) is 11.5 Å². The van der Waals surface area contributed by atoms with E-state index in [1.54, 1.807) is 0 Å². The molecule has 6 N–H and O–H groups in total. The fourth-order valence-electron chi connectivity index (χ4n) is 1.31. The Hall–Kier alpha value is 0.828. The molecular formula is C6H16N2O8P2Pt. The van der Waals surface area contributed by atoms with Gasteiger partial charge in [-0.05, 0) is 12.8 Å². The summed E-state index contributed by atoms with van der Waals surface area (Å²) in [4.78, 5) is 37.3. The summed E-state index contributed by atoms with van der Waals surface area (Å²) in [5.74, 6) is 0. The van der Waals surface area contributed by atoms with Crippen LogP contribution < -0.4 is 31.0 Å². The van der Waals surface area contributed by atoms with Gasteiger partial charge in [0.1, 0.15) is 0 Å². The van der Waals surface area contributed by atoms with E-state index in [0.717, 1.165) is 12.8 Å². The summed E-state index contributed by atoms with van der Waals surface area (Å²) in [6.07, 6.45) is 4.80. The van der Waals surface area contributed by atoms with Gasteiger partial charge in [0.15, 0.2) is 0 Å². The number of hydrogen-bond donors (Lipinski definition) is 2. The van der Waals surface area contributed by atoms with E-state index in [1.807, 2.05) is 0 Å². The third kappa shape index (κ3) is 16.8. The predicted octanol–water partition coefficient (Wildman–Crippen LogP) is -3.95. The minimum atomic E-state index is -5.68.